The highest BCUT2D eigenvalue weighted by Gasteiger charge is 2.08. The number of rotatable bonds is 7. The molecule has 1 atom stereocenters. The van der Waals surface area contributed by atoms with Gasteiger partial charge in [-0.1, -0.05) is 0 Å². The lowest BCUT2D eigenvalue weighted by Crippen LogP contribution is -2.32. The molecule has 12 heavy (non-hydrogen) atoms. The van der Waals surface area contributed by atoms with Crippen LogP contribution in [0, 0.1) is 0 Å². The molecule has 0 aliphatic rings. The summed E-state index contributed by atoms with van der Waals surface area (Å²) < 4.78 is 0. The predicted molar refractivity (Wildman–Crippen MR) is 38.4 cm³/mol. The number of carboxylic acid groups (broad SMARTS) is 1. The molecule has 70 valence electrons. The topological polar surface area (TPSA) is 95.9 Å². The Bertz CT molecular complexity index is 149. The van der Waals surface area contributed by atoms with Crippen molar-refractivity contribution in [2.24, 2.45) is 0 Å². The molecule has 3 N–H and O–H groups in total. The fourth-order valence-corrected chi connectivity index (χ4v) is 0.641. The Morgan fingerprint density at radius 1 is 1.67 bits per heavy atom. The minimum absolute atomic E-state index is 0.0954. The molecule has 6 heteroatoms. The molecule has 0 bridgehead atoms. The van der Waals surface area contributed by atoms with Crippen LogP contribution in [0.25, 0.3) is 0 Å². The van der Waals surface area contributed by atoms with E-state index in [2.05, 4.69) is 10.2 Å². The third-order valence-electron chi connectivity index (χ3n) is 1.24. The van der Waals surface area contributed by atoms with Gasteiger partial charge in [0.05, 0.1) is 6.04 Å². The summed E-state index contributed by atoms with van der Waals surface area (Å²) in [7, 11) is 0. The average molecular weight is 177 g/mol. The number of hydrogen-bond donors (Lipinski definition) is 3. The summed E-state index contributed by atoms with van der Waals surface area (Å²) in [6.07, 6.45) is 0.659. The normalized spacial score (nSPS) is 12.4. The Morgan fingerprint density at radius 3 is 2.75 bits per heavy atom. The maximum Gasteiger partial charge on any atom is 0.303 e. The van der Waals surface area contributed by atoms with Gasteiger partial charge in [0.2, 0.25) is 0 Å². The quantitative estimate of drug-likeness (QED) is 0.209. The highest BCUT2D eigenvalue weighted by Crippen LogP contribution is 1.93. The minimum atomic E-state index is -0.964. The van der Waals surface area contributed by atoms with Crippen LogP contribution in [0.3, 0.4) is 0 Å². The van der Waals surface area contributed by atoms with Crippen molar-refractivity contribution in [3.63, 3.8) is 0 Å². The maximum atomic E-state index is 10.2. The summed E-state index contributed by atoms with van der Waals surface area (Å²) in [4.78, 5) is 24.0. The summed E-state index contributed by atoms with van der Waals surface area (Å²) in [6.45, 7) is -0.191. The Kier molecular flexibility index (Phi) is 6.16. The van der Waals surface area contributed by atoms with Crippen LogP contribution in [0.4, 0.5) is 0 Å². The first-order valence-electron chi connectivity index (χ1n) is 3.37. The first kappa shape index (κ1) is 11.0. The van der Waals surface area contributed by atoms with E-state index in [1.165, 1.54) is 0 Å². The molecule has 0 heterocycles. The summed E-state index contributed by atoms with van der Waals surface area (Å²) in [5.41, 5.74) is 0. The Labute approximate surface area is 69.1 Å². The summed E-state index contributed by atoms with van der Waals surface area (Å²) in [6, 6.07) is -0.590. The van der Waals surface area contributed by atoms with Crippen LogP contribution < -0.4 is 5.32 Å². The van der Waals surface area contributed by atoms with E-state index in [1.54, 1.807) is 0 Å². The third kappa shape index (κ3) is 5.78. The molecule has 0 saturated carbocycles. The predicted octanol–water partition coefficient (Wildman–Crippen LogP) is -0.545. The second-order valence-corrected chi connectivity index (χ2v) is 2.15. The van der Waals surface area contributed by atoms with Crippen molar-refractivity contribution in [2.75, 3.05) is 6.73 Å². The second kappa shape index (κ2) is 6.71. The lowest BCUT2D eigenvalue weighted by atomic mass is 10.2. The van der Waals surface area contributed by atoms with Gasteiger partial charge < -0.3 is 9.90 Å². The first-order chi connectivity index (χ1) is 5.70. The highest BCUT2D eigenvalue weighted by atomic mass is 17.1. The smallest absolute Gasteiger partial charge is 0.303 e. The van der Waals surface area contributed by atoms with Gasteiger partial charge in [-0.15, -0.1) is 0 Å². The van der Waals surface area contributed by atoms with Crippen molar-refractivity contribution >= 4 is 12.3 Å². The fraction of sp³-hybridized carbons (Fsp3) is 0.667. The van der Waals surface area contributed by atoms with Crippen LogP contribution in [0.5, 0.6) is 0 Å². The number of nitrogens with one attached hydrogen (secondary N) is 1. The average Bonchev–Trinajstić information content (AvgIpc) is 2.05. The van der Waals surface area contributed by atoms with Crippen LogP contribution in [-0.4, -0.2) is 35.4 Å². The molecule has 0 aromatic carbocycles. The van der Waals surface area contributed by atoms with Crippen LogP contribution in [0.1, 0.15) is 12.8 Å². The van der Waals surface area contributed by atoms with E-state index in [0.717, 1.165) is 0 Å². The lowest BCUT2D eigenvalue weighted by molar-refractivity contribution is -0.248. The zero-order chi connectivity index (χ0) is 9.40. The van der Waals surface area contributed by atoms with E-state index in [0.29, 0.717) is 6.29 Å². The molecule has 0 aliphatic carbocycles. The molecule has 0 amide bonds. The van der Waals surface area contributed by atoms with Crippen molar-refractivity contribution in [3.8, 4) is 0 Å². The Morgan fingerprint density at radius 2 is 2.33 bits per heavy atom. The van der Waals surface area contributed by atoms with Gasteiger partial charge in [0.15, 0.2) is 0 Å². The Hall–Kier alpha value is -0.980. The molecule has 0 fully saturated rings. The van der Waals surface area contributed by atoms with E-state index >= 15 is 0 Å². The number of carbonyl (C=O) groups is 2. The standard InChI is InChI=1S/C6H11NO5/c8-3-5(7-4-12-11)1-2-6(9)10/h3,5,7,11H,1-2,4H2,(H,9,10)/t5-/m0/s1. The van der Waals surface area contributed by atoms with Gasteiger partial charge in [0.25, 0.3) is 0 Å². The monoisotopic (exact) mass is 177 g/mol. The molecule has 0 aromatic heterocycles. The molecule has 0 rings (SSSR count). The van der Waals surface area contributed by atoms with Crippen molar-refractivity contribution in [1.29, 1.82) is 0 Å². The number of carbonyl (C=O) groups excluding carboxylic acids is 1. The molecule has 0 spiro atoms. The van der Waals surface area contributed by atoms with Gasteiger partial charge in [-0.3, -0.25) is 15.4 Å². The molecule has 0 aromatic rings. The lowest BCUT2D eigenvalue weighted by Gasteiger charge is -2.08. The van der Waals surface area contributed by atoms with Crippen molar-refractivity contribution in [3.05, 3.63) is 0 Å². The summed E-state index contributed by atoms with van der Waals surface area (Å²) in [5, 5.41) is 18.6. The number of carboxylic acids is 1. The molecule has 0 saturated heterocycles. The molecular formula is C6H11NO5. The van der Waals surface area contributed by atoms with Crippen molar-refractivity contribution in [2.45, 2.75) is 18.9 Å². The zero-order valence-corrected chi connectivity index (χ0v) is 6.40. The second-order valence-electron chi connectivity index (χ2n) is 2.15. The summed E-state index contributed by atoms with van der Waals surface area (Å²) >= 11 is 0. The van der Waals surface area contributed by atoms with Crippen molar-refractivity contribution in [1.82, 2.24) is 5.32 Å². The molecular weight excluding hydrogens is 166 g/mol. The molecule has 0 aliphatic heterocycles. The van der Waals surface area contributed by atoms with Crippen LogP contribution in [0.15, 0.2) is 0 Å². The number of aliphatic carboxylic acids is 1. The zero-order valence-electron chi connectivity index (χ0n) is 6.40. The van der Waals surface area contributed by atoms with Crippen LogP contribution in [-0.2, 0) is 14.5 Å². The van der Waals surface area contributed by atoms with E-state index in [1.807, 2.05) is 0 Å². The van der Waals surface area contributed by atoms with E-state index in [4.69, 9.17) is 10.4 Å². The van der Waals surface area contributed by atoms with Gasteiger partial charge in [0, 0.05) is 6.42 Å². The molecule has 6 nitrogen and oxygen atoms in total. The van der Waals surface area contributed by atoms with Gasteiger partial charge in [-0.05, 0) is 6.42 Å². The fourth-order valence-electron chi connectivity index (χ4n) is 0.641. The van der Waals surface area contributed by atoms with Gasteiger partial charge in [-0.2, -0.15) is 0 Å². The van der Waals surface area contributed by atoms with Crippen LogP contribution in [0.2, 0.25) is 0 Å². The third-order valence-corrected chi connectivity index (χ3v) is 1.24. The van der Waals surface area contributed by atoms with E-state index in [9.17, 15) is 9.59 Å². The van der Waals surface area contributed by atoms with Gasteiger partial charge in [0.1, 0.15) is 13.0 Å². The number of aldehydes is 1. The van der Waals surface area contributed by atoms with Gasteiger partial charge >= 0.3 is 5.97 Å². The molecule has 0 radical (unpaired) electrons. The minimum Gasteiger partial charge on any atom is -0.481 e. The van der Waals surface area contributed by atoms with Crippen molar-refractivity contribution < 1.29 is 24.8 Å². The van der Waals surface area contributed by atoms with E-state index in [-0.39, 0.29) is 19.6 Å². The highest BCUT2D eigenvalue weighted by molar-refractivity contribution is 5.68. The van der Waals surface area contributed by atoms with Crippen LogP contribution >= 0.6 is 0 Å². The van der Waals surface area contributed by atoms with E-state index < -0.39 is 12.0 Å². The molecule has 0 unspecified atom stereocenters. The largest absolute Gasteiger partial charge is 0.481 e. The summed E-state index contributed by atoms with van der Waals surface area (Å²) in [5.74, 6) is -0.964. The Balaban J connectivity index is 3.52. The number of hydrogen-bond acceptors (Lipinski definition) is 5. The van der Waals surface area contributed by atoms with Gasteiger partial charge in [-0.25, -0.2) is 4.89 Å². The maximum absolute atomic E-state index is 10.2. The SMILES string of the molecule is O=C[C@H](CCC(=O)O)NCOO. The first-order valence-corrected chi connectivity index (χ1v) is 3.37.